The van der Waals surface area contributed by atoms with E-state index in [1.165, 1.54) is 30.6 Å². The summed E-state index contributed by atoms with van der Waals surface area (Å²) in [6.45, 7) is 7.04. The van der Waals surface area contributed by atoms with Crippen LogP contribution in [0.4, 0.5) is 0 Å². The highest BCUT2D eigenvalue weighted by molar-refractivity contribution is 7.10. The van der Waals surface area contributed by atoms with Gasteiger partial charge in [-0.1, -0.05) is 39.7 Å². The Balaban J connectivity index is 1.98. The van der Waals surface area contributed by atoms with Crippen LogP contribution in [-0.4, -0.2) is 6.04 Å². The summed E-state index contributed by atoms with van der Waals surface area (Å²) in [5.41, 5.74) is 0. The second-order valence-electron chi connectivity index (χ2n) is 5.87. The van der Waals surface area contributed by atoms with Crippen LogP contribution in [0.3, 0.4) is 0 Å². The molecule has 1 heterocycles. The van der Waals surface area contributed by atoms with Crippen LogP contribution in [0.1, 0.15) is 57.4 Å². The molecular weight excluding hydrogens is 226 g/mol. The molecule has 1 aromatic heterocycles. The standard InChI is InChI=1S/C15H25NS/c1-11(2)15(14-8-5-9-17-14)16-13-7-4-6-12(3)10-13/h5,8-9,11-13,15-16H,4,6-7,10H2,1-3H3. The first-order valence-corrected chi connectivity index (χ1v) is 7.84. The molecule has 1 aliphatic rings. The highest BCUT2D eigenvalue weighted by atomic mass is 32.1. The molecule has 1 aromatic rings. The maximum atomic E-state index is 3.90. The second-order valence-corrected chi connectivity index (χ2v) is 6.85. The van der Waals surface area contributed by atoms with Crippen LogP contribution in [0.15, 0.2) is 17.5 Å². The van der Waals surface area contributed by atoms with Gasteiger partial charge in [0.1, 0.15) is 0 Å². The van der Waals surface area contributed by atoms with E-state index < -0.39 is 0 Å². The Labute approximate surface area is 110 Å². The van der Waals surface area contributed by atoms with Gasteiger partial charge in [0.2, 0.25) is 0 Å². The molecule has 2 rings (SSSR count). The minimum Gasteiger partial charge on any atom is -0.306 e. The van der Waals surface area contributed by atoms with Crippen molar-refractivity contribution in [3.05, 3.63) is 22.4 Å². The average Bonchev–Trinajstić information content (AvgIpc) is 2.78. The van der Waals surface area contributed by atoms with E-state index >= 15 is 0 Å². The lowest BCUT2D eigenvalue weighted by molar-refractivity contribution is 0.260. The van der Waals surface area contributed by atoms with Crippen LogP contribution >= 0.6 is 11.3 Å². The van der Waals surface area contributed by atoms with Crippen LogP contribution in [-0.2, 0) is 0 Å². The summed E-state index contributed by atoms with van der Waals surface area (Å²) in [7, 11) is 0. The zero-order chi connectivity index (χ0) is 12.3. The van der Waals surface area contributed by atoms with Gasteiger partial charge in [0.15, 0.2) is 0 Å². The maximum absolute atomic E-state index is 3.90. The highest BCUT2D eigenvalue weighted by Gasteiger charge is 2.24. The van der Waals surface area contributed by atoms with E-state index in [4.69, 9.17) is 0 Å². The molecule has 0 aromatic carbocycles. The second kappa shape index (κ2) is 6.01. The fraction of sp³-hybridized carbons (Fsp3) is 0.733. The largest absolute Gasteiger partial charge is 0.306 e. The fourth-order valence-electron chi connectivity index (χ4n) is 2.91. The molecule has 96 valence electrons. The molecule has 1 nitrogen and oxygen atoms in total. The van der Waals surface area contributed by atoms with Crippen molar-refractivity contribution in [3.8, 4) is 0 Å². The van der Waals surface area contributed by atoms with E-state index in [0.29, 0.717) is 12.0 Å². The van der Waals surface area contributed by atoms with Gasteiger partial charge < -0.3 is 5.32 Å². The van der Waals surface area contributed by atoms with Gasteiger partial charge in [-0.25, -0.2) is 0 Å². The molecule has 1 saturated carbocycles. The monoisotopic (exact) mass is 251 g/mol. The topological polar surface area (TPSA) is 12.0 Å². The number of nitrogens with one attached hydrogen (secondary N) is 1. The van der Waals surface area contributed by atoms with Crippen molar-refractivity contribution in [2.24, 2.45) is 11.8 Å². The molecule has 0 amide bonds. The van der Waals surface area contributed by atoms with E-state index in [9.17, 15) is 0 Å². The Bertz CT molecular complexity index is 318. The molecule has 1 aliphatic carbocycles. The summed E-state index contributed by atoms with van der Waals surface area (Å²) in [5.74, 6) is 1.57. The van der Waals surface area contributed by atoms with Crippen molar-refractivity contribution in [1.29, 1.82) is 0 Å². The molecular formula is C15H25NS. The summed E-state index contributed by atoms with van der Waals surface area (Å²) < 4.78 is 0. The lowest BCUT2D eigenvalue weighted by Gasteiger charge is -2.32. The Morgan fingerprint density at radius 2 is 2.18 bits per heavy atom. The smallest absolute Gasteiger partial charge is 0.0440 e. The highest BCUT2D eigenvalue weighted by Crippen LogP contribution is 2.30. The molecule has 0 bridgehead atoms. The first-order chi connectivity index (χ1) is 8.16. The van der Waals surface area contributed by atoms with Gasteiger partial charge in [0, 0.05) is 17.0 Å². The normalized spacial score (nSPS) is 27.3. The molecule has 3 unspecified atom stereocenters. The summed E-state index contributed by atoms with van der Waals surface area (Å²) in [4.78, 5) is 1.50. The van der Waals surface area contributed by atoms with E-state index in [1.54, 1.807) is 0 Å². The number of thiophene rings is 1. The molecule has 0 radical (unpaired) electrons. The summed E-state index contributed by atoms with van der Waals surface area (Å²) in [6.07, 6.45) is 5.53. The third kappa shape index (κ3) is 3.56. The Morgan fingerprint density at radius 1 is 1.35 bits per heavy atom. The predicted octanol–water partition coefficient (Wildman–Crippen LogP) is 4.61. The van der Waals surface area contributed by atoms with Crippen LogP contribution in [0.25, 0.3) is 0 Å². The fourth-order valence-corrected chi connectivity index (χ4v) is 3.87. The van der Waals surface area contributed by atoms with Gasteiger partial charge >= 0.3 is 0 Å². The molecule has 1 N–H and O–H groups in total. The van der Waals surface area contributed by atoms with Crippen LogP contribution in [0, 0.1) is 11.8 Å². The van der Waals surface area contributed by atoms with Crippen LogP contribution in [0.2, 0.25) is 0 Å². The van der Waals surface area contributed by atoms with E-state index in [1.807, 2.05) is 11.3 Å². The van der Waals surface area contributed by atoms with Gasteiger partial charge in [0.25, 0.3) is 0 Å². The molecule has 0 aliphatic heterocycles. The number of hydrogen-bond donors (Lipinski definition) is 1. The van der Waals surface area contributed by atoms with E-state index in [-0.39, 0.29) is 0 Å². The number of rotatable bonds is 4. The molecule has 0 spiro atoms. The zero-order valence-electron chi connectivity index (χ0n) is 11.3. The van der Waals surface area contributed by atoms with Crippen molar-refractivity contribution >= 4 is 11.3 Å². The Morgan fingerprint density at radius 3 is 2.76 bits per heavy atom. The third-order valence-electron chi connectivity index (χ3n) is 3.87. The van der Waals surface area contributed by atoms with Crippen LogP contribution < -0.4 is 5.32 Å². The molecule has 1 fully saturated rings. The Hall–Kier alpha value is -0.340. The van der Waals surface area contributed by atoms with Crippen molar-refractivity contribution in [3.63, 3.8) is 0 Å². The van der Waals surface area contributed by atoms with Crippen LogP contribution in [0.5, 0.6) is 0 Å². The van der Waals surface area contributed by atoms with Gasteiger partial charge in [-0.15, -0.1) is 11.3 Å². The van der Waals surface area contributed by atoms with Gasteiger partial charge in [-0.2, -0.15) is 0 Å². The lowest BCUT2D eigenvalue weighted by atomic mass is 9.86. The summed E-state index contributed by atoms with van der Waals surface area (Å²) in [6, 6.07) is 5.72. The molecule has 2 heteroatoms. The first kappa shape index (κ1) is 13.1. The van der Waals surface area contributed by atoms with E-state index in [0.717, 1.165) is 12.0 Å². The maximum Gasteiger partial charge on any atom is 0.0440 e. The minimum atomic E-state index is 0.547. The predicted molar refractivity (Wildman–Crippen MR) is 76.5 cm³/mol. The van der Waals surface area contributed by atoms with Gasteiger partial charge in [0.05, 0.1) is 0 Å². The molecule has 0 saturated heterocycles. The van der Waals surface area contributed by atoms with Crippen molar-refractivity contribution in [2.45, 2.75) is 58.5 Å². The quantitative estimate of drug-likeness (QED) is 0.823. The lowest BCUT2D eigenvalue weighted by Crippen LogP contribution is -2.38. The van der Waals surface area contributed by atoms with E-state index in [2.05, 4.69) is 43.6 Å². The summed E-state index contributed by atoms with van der Waals surface area (Å²) >= 11 is 1.89. The minimum absolute atomic E-state index is 0.547. The first-order valence-electron chi connectivity index (χ1n) is 6.96. The number of hydrogen-bond acceptors (Lipinski definition) is 2. The van der Waals surface area contributed by atoms with Crippen molar-refractivity contribution in [2.75, 3.05) is 0 Å². The molecule has 3 atom stereocenters. The zero-order valence-corrected chi connectivity index (χ0v) is 12.1. The average molecular weight is 251 g/mol. The SMILES string of the molecule is CC1CCCC(NC(c2cccs2)C(C)C)C1. The Kier molecular flexibility index (Phi) is 4.63. The van der Waals surface area contributed by atoms with Gasteiger partial charge in [-0.3, -0.25) is 0 Å². The van der Waals surface area contributed by atoms with Crippen molar-refractivity contribution < 1.29 is 0 Å². The van der Waals surface area contributed by atoms with Gasteiger partial charge in [-0.05, 0) is 36.1 Å². The molecule has 17 heavy (non-hydrogen) atoms. The summed E-state index contributed by atoms with van der Waals surface area (Å²) in [5, 5.41) is 6.09. The third-order valence-corrected chi connectivity index (χ3v) is 4.82. The van der Waals surface area contributed by atoms with Crippen molar-refractivity contribution in [1.82, 2.24) is 5.32 Å².